The maximum absolute atomic E-state index is 12.0. The number of amides is 1. The molecule has 0 aromatic carbocycles. The van der Waals surface area contributed by atoms with Crippen LogP contribution in [0.3, 0.4) is 0 Å². The van der Waals surface area contributed by atoms with Crippen LogP contribution in [0.2, 0.25) is 0 Å². The lowest BCUT2D eigenvalue weighted by atomic mass is 9.91. The Morgan fingerprint density at radius 2 is 2.12 bits per heavy atom. The van der Waals surface area contributed by atoms with Crippen molar-refractivity contribution < 1.29 is 9.53 Å². The lowest BCUT2D eigenvalue weighted by Crippen LogP contribution is -2.55. The Bertz CT molecular complexity index is 218. The third-order valence-corrected chi connectivity index (χ3v) is 3.66. The molecule has 0 bridgehead atoms. The summed E-state index contributed by atoms with van der Waals surface area (Å²) in [6.45, 7) is 5.97. The van der Waals surface area contributed by atoms with Crippen molar-refractivity contribution in [2.75, 3.05) is 19.8 Å². The fourth-order valence-electron chi connectivity index (χ4n) is 2.08. The van der Waals surface area contributed by atoms with E-state index in [2.05, 4.69) is 19.2 Å². The van der Waals surface area contributed by atoms with Crippen molar-refractivity contribution in [2.24, 2.45) is 11.7 Å². The summed E-state index contributed by atoms with van der Waals surface area (Å²) in [5.41, 5.74) is 5.53. The second kappa shape index (κ2) is 7.90. The molecule has 1 atom stereocenters. The van der Waals surface area contributed by atoms with Crippen molar-refractivity contribution >= 4 is 18.3 Å². The van der Waals surface area contributed by atoms with Gasteiger partial charge in [0.15, 0.2) is 0 Å². The number of hydrogen-bond donors (Lipinski definition) is 2. The third-order valence-electron chi connectivity index (χ3n) is 3.66. The van der Waals surface area contributed by atoms with E-state index in [-0.39, 0.29) is 29.8 Å². The predicted octanol–water partition coefficient (Wildman–Crippen LogP) is 1.47. The second-order valence-electron chi connectivity index (χ2n) is 4.59. The highest BCUT2D eigenvalue weighted by atomic mass is 35.5. The topological polar surface area (TPSA) is 64.3 Å². The molecule has 1 rings (SSSR count). The van der Waals surface area contributed by atoms with Crippen LogP contribution in [0.15, 0.2) is 0 Å². The number of carbonyl (C=O) groups excluding carboxylic acids is 1. The predicted molar refractivity (Wildman–Crippen MR) is 71.3 cm³/mol. The molecule has 0 spiro atoms. The fraction of sp³-hybridized carbons (Fsp3) is 0.917. The maximum atomic E-state index is 12.0. The van der Waals surface area contributed by atoms with Gasteiger partial charge in [-0.2, -0.15) is 0 Å². The van der Waals surface area contributed by atoms with Gasteiger partial charge in [0.05, 0.1) is 18.1 Å². The van der Waals surface area contributed by atoms with E-state index in [1.165, 1.54) is 0 Å². The molecular weight excluding hydrogens is 240 g/mol. The van der Waals surface area contributed by atoms with Gasteiger partial charge in [-0.3, -0.25) is 4.79 Å². The Morgan fingerprint density at radius 3 is 2.53 bits per heavy atom. The largest absolute Gasteiger partial charge is 0.381 e. The SMILES string of the molecule is CCC(CC)(CN)NC(=O)C1CCCOC1.Cl. The van der Waals surface area contributed by atoms with Gasteiger partial charge in [-0.1, -0.05) is 13.8 Å². The number of nitrogens with two attached hydrogens (primary N) is 1. The number of halogens is 1. The Labute approximate surface area is 110 Å². The monoisotopic (exact) mass is 264 g/mol. The Kier molecular flexibility index (Phi) is 7.75. The lowest BCUT2D eigenvalue weighted by molar-refractivity contribution is -0.131. The summed E-state index contributed by atoms with van der Waals surface area (Å²) in [4.78, 5) is 12.0. The molecule has 5 heteroatoms. The smallest absolute Gasteiger partial charge is 0.225 e. The average molecular weight is 265 g/mol. The molecular formula is C12H25ClN2O2. The molecule has 4 nitrogen and oxygen atoms in total. The van der Waals surface area contributed by atoms with Gasteiger partial charge < -0.3 is 15.8 Å². The minimum Gasteiger partial charge on any atom is -0.381 e. The van der Waals surface area contributed by atoms with Crippen LogP contribution in [0, 0.1) is 5.92 Å². The molecule has 1 aliphatic rings. The zero-order valence-electron chi connectivity index (χ0n) is 10.8. The minimum atomic E-state index is -0.228. The van der Waals surface area contributed by atoms with Gasteiger partial charge in [-0.25, -0.2) is 0 Å². The number of ether oxygens (including phenoxy) is 1. The number of rotatable bonds is 5. The number of carbonyl (C=O) groups is 1. The van der Waals surface area contributed by atoms with Gasteiger partial charge in [0.25, 0.3) is 0 Å². The summed E-state index contributed by atoms with van der Waals surface area (Å²) in [5, 5.41) is 3.11. The Morgan fingerprint density at radius 1 is 1.47 bits per heavy atom. The van der Waals surface area contributed by atoms with E-state index in [1.807, 2.05) is 0 Å². The van der Waals surface area contributed by atoms with Crippen LogP contribution in [0.4, 0.5) is 0 Å². The first-order valence-electron chi connectivity index (χ1n) is 6.27. The van der Waals surface area contributed by atoms with Gasteiger partial charge >= 0.3 is 0 Å². The summed E-state index contributed by atoms with van der Waals surface area (Å²) in [6, 6.07) is 0. The van der Waals surface area contributed by atoms with Crippen LogP contribution in [0.25, 0.3) is 0 Å². The average Bonchev–Trinajstić information content (AvgIpc) is 2.37. The zero-order valence-corrected chi connectivity index (χ0v) is 11.6. The van der Waals surface area contributed by atoms with Crippen molar-refractivity contribution in [3.63, 3.8) is 0 Å². The quantitative estimate of drug-likeness (QED) is 0.790. The van der Waals surface area contributed by atoms with Gasteiger partial charge in [0, 0.05) is 13.2 Å². The highest BCUT2D eigenvalue weighted by Gasteiger charge is 2.30. The Hall–Kier alpha value is -0.320. The van der Waals surface area contributed by atoms with Gasteiger partial charge in [-0.05, 0) is 25.7 Å². The molecule has 17 heavy (non-hydrogen) atoms. The van der Waals surface area contributed by atoms with E-state index in [0.717, 1.165) is 32.3 Å². The fourth-order valence-corrected chi connectivity index (χ4v) is 2.08. The molecule has 0 aliphatic carbocycles. The molecule has 1 unspecified atom stereocenters. The molecule has 0 saturated carbocycles. The van der Waals surface area contributed by atoms with Crippen LogP contribution in [0.5, 0.6) is 0 Å². The molecule has 0 aromatic rings. The van der Waals surface area contributed by atoms with E-state index in [1.54, 1.807) is 0 Å². The molecule has 1 heterocycles. The molecule has 1 amide bonds. The molecule has 3 N–H and O–H groups in total. The summed E-state index contributed by atoms with van der Waals surface area (Å²) in [6.07, 6.45) is 3.66. The van der Waals surface area contributed by atoms with Crippen molar-refractivity contribution in [1.82, 2.24) is 5.32 Å². The lowest BCUT2D eigenvalue weighted by Gasteiger charge is -2.34. The summed E-state index contributed by atoms with van der Waals surface area (Å²) >= 11 is 0. The van der Waals surface area contributed by atoms with Crippen molar-refractivity contribution in [2.45, 2.75) is 45.1 Å². The first-order chi connectivity index (χ1) is 7.67. The Balaban J connectivity index is 0.00000256. The van der Waals surface area contributed by atoms with Gasteiger partial charge in [0.1, 0.15) is 0 Å². The molecule has 0 radical (unpaired) electrons. The second-order valence-corrected chi connectivity index (χ2v) is 4.59. The molecule has 1 aliphatic heterocycles. The minimum absolute atomic E-state index is 0. The molecule has 1 saturated heterocycles. The van der Waals surface area contributed by atoms with E-state index in [4.69, 9.17) is 10.5 Å². The maximum Gasteiger partial charge on any atom is 0.225 e. The standard InChI is InChI=1S/C12H24N2O2.ClH/c1-3-12(4-2,9-13)14-11(15)10-6-5-7-16-8-10;/h10H,3-9,13H2,1-2H3,(H,14,15);1H. The van der Waals surface area contributed by atoms with Crippen molar-refractivity contribution in [3.8, 4) is 0 Å². The molecule has 102 valence electrons. The van der Waals surface area contributed by atoms with Crippen LogP contribution in [0.1, 0.15) is 39.5 Å². The van der Waals surface area contributed by atoms with Crippen LogP contribution in [-0.2, 0) is 9.53 Å². The van der Waals surface area contributed by atoms with E-state index in [9.17, 15) is 4.79 Å². The normalized spacial score (nSPS) is 20.5. The first kappa shape index (κ1) is 16.7. The van der Waals surface area contributed by atoms with Crippen LogP contribution < -0.4 is 11.1 Å². The van der Waals surface area contributed by atoms with Gasteiger partial charge in [0.2, 0.25) is 5.91 Å². The molecule has 0 aromatic heterocycles. The van der Waals surface area contributed by atoms with E-state index < -0.39 is 0 Å². The highest BCUT2D eigenvalue weighted by Crippen LogP contribution is 2.18. The number of nitrogens with one attached hydrogen (secondary N) is 1. The van der Waals surface area contributed by atoms with Crippen LogP contribution in [-0.4, -0.2) is 31.2 Å². The van der Waals surface area contributed by atoms with Crippen LogP contribution >= 0.6 is 12.4 Å². The van der Waals surface area contributed by atoms with E-state index in [0.29, 0.717) is 13.2 Å². The first-order valence-corrected chi connectivity index (χ1v) is 6.27. The van der Waals surface area contributed by atoms with Crippen molar-refractivity contribution in [1.29, 1.82) is 0 Å². The zero-order chi connectivity index (χ0) is 12.0. The van der Waals surface area contributed by atoms with E-state index >= 15 is 0 Å². The third kappa shape index (κ3) is 4.45. The highest BCUT2D eigenvalue weighted by molar-refractivity contribution is 5.85. The summed E-state index contributed by atoms with van der Waals surface area (Å²) in [5.74, 6) is 0.117. The van der Waals surface area contributed by atoms with Crippen molar-refractivity contribution in [3.05, 3.63) is 0 Å². The molecule has 1 fully saturated rings. The summed E-state index contributed by atoms with van der Waals surface area (Å²) < 4.78 is 5.33. The summed E-state index contributed by atoms with van der Waals surface area (Å²) in [7, 11) is 0. The van der Waals surface area contributed by atoms with Gasteiger partial charge in [-0.15, -0.1) is 12.4 Å². The number of hydrogen-bond acceptors (Lipinski definition) is 3.